The van der Waals surface area contributed by atoms with Gasteiger partial charge < -0.3 is 0 Å². The summed E-state index contributed by atoms with van der Waals surface area (Å²) in [6, 6.07) is 0. The molecule has 1 aliphatic heterocycles. The van der Waals surface area contributed by atoms with Crippen LogP contribution in [0.5, 0.6) is 0 Å². The van der Waals surface area contributed by atoms with Gasteiger partial charge in [0.15, 0.2) is 0 Å². The molecular weight excluding hydrogens is 244 g/mol. The van der Waals surface area contributed by atoms with Crippen LogP contribution in [0.3, 0.4) is 0 Å². The molecule has 1 unspecified atom stereocenters. The van der Waals surface area contributed by atoms with E-state index in [1.807, 2.05) is 32.6 Å². The molecule has 0 saturated carbocycles. The fraction of sp³-hybridized carbons (Fsp3) is 1.00. The molecule has 0 bridgehead atoms. The number of hydrogen-bond acceptors (Lipinski definition) is 1. The second-order valence-corrected chi connectivity index (χ2v) is 6.21. The van der Waals surface area contributed by atoms with Crippen molar-refractivity contribution in [1.82, 2.24) is 4.90 Å². The number of rotatable bonds is 5. The van der Waals surface area contributed by atoms with Crippen molar-refractivity contribution in [2.75, 3.05) is 19.6 Å². The Hall–Kier alpha value is -0.180. The molecule has 1 atom stereocenters. The van der Waals surface area contributed by atoms with Crippen LogP contribution >= 0.6 is 0 Å². The van der Waals surface area contributed by atoms with Gasteiger partial charge in [0.1, 0.15) is 0 Å². The van der Waals surface area contributed by atoms with Crippen LogP contribution in [0.25, 0.3) is 0 Å². The summed E-state index contributed by atoms with van der Waals surface area (Å²) < 4.78 is 27.8. The zero-order valence-electron chi connectivity index (χ0n) is 13.7. The number of halogens is 2. The Labute approximate surface area is 118 Å². The van der Waals surface area contributed by atoms with E-state index in [1.54, 1.807) is 0 Å². The van der Waals surface area contributed by atoms with Crippen molar-refractivity contribution in [3.8, 4) is 0 Å². The summed E-state index contributed by atoms with van der Waals surface area (Å²) in [7, 11) is 0. The lowest BCUT2D eigenvalue weighted by atomic mass is 9.83. The van der Waals surface area contributed by atoms with Gasteiger partial charge in [0.25, 0.3) is 5.92 Å². The van der Waals surface area contributed by atoms with Gasteiger partial charge in [0.05, 0.1) is 6.54 Å². The predicted octanol–water partition coefficient (Wildman–Crippen LogP) is 5.06. The first-order valence-electron chi connectivity index (χ1n) is 7.93. The predicted molar refractivity (Wildman–Crippen MR) is 79.8 cm³/mol. The largest absolute Gasteiger partial charge is 0.297 e. The SMILES string of the molecule is CC.CC(C)CCCN1CCC(C(C)C)C(F)(F)C1. The third-order valence-corrected chi connectivity index (χ3v) is 3.79. The molecule has 0 aromatic heterocycles. The summed E-state index contributed by atoms with van der Waals surface area (Å²) in [6.07, 6.45) is 2.82. The Bertz CT molecular complexity index is 225. The van der Waals surface area contributed by atoms with Gasteiger partial charge in [-0.2, -0.15) is 0 Å². The standard InChI is InChI=1S/C14H27F2N.C2H6/c1-11(2)6-5-8-17-9-7-13(12(3)4)14(15,16)10-17;1-2/h11-13H,5-10H2,1-4H3;1-2H3. The highest BCUT2D eigenvalue weighted by Gasteiger charge is 2.45. The second-order valence-electron chi connectivity index (χ2n) is 6.21. The number of likely N-dealkylation sites (tertiary alicyclic amines) is 1. The maximum absolute atomic E-state index is 13.9. The number of alkyl halides is 2. The van der Waals surface area contributed by atoms with Crippen LogP contribution in [0.15, 0.2) is 0 Å². The van der Waals surface area contributed by atoms with E-state index in [4.69, 9.17) is 0 Å². The molecule has 1 rings (SSSR count). The van der Waals surface area contributed by atoms with Crippen molar-refractivity contribution >= 4 is 0 Å². The van der Waals surface area contributed by atoms with Crippen LogP contribution in [0, 0.1) is 17.8 Å². The Morgan fingerprint density at radius 1 is 1.16 bits per heavy atom. The normalized spacial score (nSPS) is 23.4. The zero-order chi connectivity index (χ0) is 15.1. The maximum atomic E-state index is 13.9. The van der Waals surface area contributed by atoms with Crippen molar-refractivity contribution in [2.24, 2.45) is 17.8 Å². The summed E-state index contributed by atoms with van der Waals surface area (Å²) >= 11 is 0. The topological polar surface area (TPSA) is 3.24 Å². The molecule has 19 heavy (non-hydrogen) atoms. The first kappa shape index (κ1) is 18.8. The van der Waals surface area contributed by atoms with Gasteiger partial charge in [-0.1, -0.05) is 41.5 Å². The minimum Gasteiger partial charge on any atom is -0.297 e. The van der Waals surface area contributed by atoms with Crippen molar-refractivity contribution in [2.45, 2.75) is 66.7 Å². The molecule has 1 saturated heterocycles. The molecule has 0 aromatic carbocycles. The zero-order valence-corrected chi connectivity index (χ0v) is 13.7. The van der Waals surface area contributed by atoms with Crippen LogP contribution in [0.4, 0.5) is 8.78 Å². The summed E-state index contributed by atoms with van der Waals surface area (Å²) in [5, 5.41) is 0. The number of hydrogen-bond donors (Lipinski definition) is 0. The van der Waals surface area contributed by atoms with E-state index in [-0.39, 0.29) is 12.5 Å². The van der Waals surface area contributed by atoms with Gasteiger partial charge in [-0.3, -0.25) is 4.90 Å². The van der Waals surface area contributed by atoms with E-state index in [0.29, 0.717) is 12.3 Å². The molecule has 0 amide bonds. The Balaban J connectivity index is 0.00000154. The van der Waals surface area contributed by atoms with Crippen molar-refractivity contribution in [3.63, 3.8) is 0 Å². The third kappa shape index (κ3) is 6.69. The highest BCUT2D eigenvalue weighted by molar-refractivity contribution is 4.88. The minimum atomic E-state index is -2.50. The van der Waals surface area contributed by atoms with Crippen LogP contribution in [-0.4, -0.2) is 30.5 Å². The fourth-order valence-corrected chi connectivity index (χ4v) is 2.76. The quantitative estimate of drug-likeness (QED) is 0.678. The second kappa shape index (κ2) is 8.89. The van der Waals surface area contributed by atoms with E-state index in [9.17, 15) is 8.78 Å². The monoisotopic (exact) mass is 277 g/mol. The molecule has 116 valence electrons. The average Bonchev–Trinajstić information content (AvgIpc) is 2.29. The van der Waals surface area contributed by atoms with E-state index in [2.05, 4.69) is 13.8 Å². The molecule has 0 aliphatic carbocycles. The van der Waals surface area contributed by atoms with Gasteiger partial charge >= 0.3 is 0 Å². The van der Waals surface area contributed by atoms with Crippen molar-refractivity contribution < 1.29 is 8.78 Å². The highest BCUT2D eigenvalue weighted by Crippen LogP contribution is 2.37. The molecule has 0 aromatic rings. The first-order chi connectivity index (χ1) is 8.83. The Kier molecular flexibility index (Phi) is 8.80. The first-order valence-corrected chi connectivity index (χ1v) is 7.93. The van der Waals surface area contributed by atoms with Crippen LogP contribution < -0.4 is 0 Å². The number of piperidine rings is 1. The maximum Gasteiger partial charge on any atom is 0.263 e. The Morgan fingerprint density at radius 2 is 1.74 bits per heavy atom. The lowest BCUT2D eigenvalue weighted by molar-refractivity contribution is -0.125. The highest BCUT2D eigenvalue weighted by atomic mass is 19.3. The van der Waals surface area contributed by atoms with Gasteiger partial charge in [0.2, 0.25) is 0 Å². The summed E-state index contributed by atoms with van der Waals surface area (Å²) in [5.74, 6) is -2.17. The van der Waals surface area contributed by atoms with Crippen molar-refractivity contribution in [1.29, 1.82) is 0 Å². The summed E-state index contributed by atoms with van der Waals surface area (Å²) in [5.41, 5.74) is 0. The molecule has 0 N–H and O–H groups in total. The summed E-state index contributed by atoms with van der Waals surface area (Å²) in [6.45, 7) is 13.8. The molecule has 0 spiro atoms. The molecule has 1 nitrogen and oxygen atoms in total. The van der Waals surface area contributed by atoms with Gasteiger partial charge in [-0.15, -0.1) is 0 Å². The lowest BCUT2D eigenvalue weighted by Crippen LogP contribution is -2.50. The average molecular weight is 277 g/mol. The van der Waals surface area contributed by atoms with Gasteiger partial charge in [-0.05, 0) is 44.2 Å². The fourth-order valence-electron chi connectivity index (χ4n) is 2.76. The van der Waals surface area contributed by atoms with Gasteiger partial charge in [0, 0.05) is 5.92 Å². The lowest BCUT2D eigenvalue weighted by Gasteiger charge is -2.40. The van der Waals surface area contributed by atoms with E-state index >= 15 is 0 Å². The number of nitrogens with zero attached hydrogens (tertiary/aromatic N) is 1. The van der Waals surface area contributed by atoms with E-state index in [0.717, 1.165) is 25.9 Å². The molecule has 3 heteroatoms. The van der Waals surface area contributed by atoms with E-state index in [1.165, 1.54) is 0 Å². The smallest absolute Gasteiger partial charge is 0.263 e. The molecule has 1 fully saturated rings. The molecule has 1 aliphatic rings. The molecule has 1 heterocycles. The Morgan fingerprint density at radius 3 is 2.16 bits per heavy atom. The van der Waals surface area contributed by atoms with Crippen LogP contribution in [0.2, 0.25) is 0 Å². The summed E-state index contributed by atoms with van der Waals surface area (Å²) in [4.78, 5) is 1.95. The van der Waals surface area contributed by atoms with Crippen molar-refractivity contribution in [3.05, 3.63) is 0 Å². The molecule has 0 radical (unpaired) electrons. The van der Waals surface area contributed by atoms with Crippen LogP contribution in [-0.2, 0) is 0 Å². The minimum absolute atomic E-state index is 0.0338. The van der Waals surface area contributed by atoms with Crippen LogP contribution in [0.1, 0.15) is 60.8 Å². The third-order valence-electron chi connectivity index (χ3n) is 3.79. The molecular formula is C16H33F2N. The van der Waals surface area contributed by atoms with Gasteiger partial charge in [-0.25, -0.2) is 8.78 Å². The van der Waals surface area contributed by atoms with E-state index < -0.39 is 11.8 Å².